The predicted molar refractivity (Wildman–Crippen MR) is 63.8 cm³/mol. The van der Waals surface area contributed by atoms with Gasteiger partial charge in [0.05, 0.1) is 12.2 Å². The van der Waals surface area contributed by atoms with Gasteiger partial charge in [-0.1, -0.05) is 17.9 Å². The number of carboxylic acids is 1. The van der Waals surface area contributed by atoms with Crippen molar-refractivity contribution in [1.29, 1.82) is 0 Å². The second kappa shape index (κ2) is 5.51. The molecule has 0 bridgehead atoms. The lowest BCUT2D eigenvalue weighted by atomic mass is 10.3. The molecule has 1 atom stereocenters. The molecule has 1 amide bonds. The summed E-state index contributed by atoms with van der Waals surface area (Å²) in [5.41, 5.74) is -0.104. The Hall–Kier alpha value is -2.38. The molecule has 1 aromatic rings. The third kappa shape index (κ3) is 2.90. The molecule has 1 fully saturated rings. The van der Waals surface area contributed by atoms with E-state index in [1.165, 1.54) is 17.0 Å². The zero-order valence-corrected chi connectivity index (χ0v) is 10.2. The number of ether oxygens (including phenoxy) is 1. The molecular formula is C11H14N4O4. The highest BCUT2D eigenvalue weighted by Gasteiger charge is 2.29. The van der Waals surface area contributed by atoms with Crippen molar-refractivity contribution in [2.45, 2.75) is 12.5 Å². The van der Waals surface area contributed by atoms with Gasteiger partial charge in [-0.05, 0) is 6.42 Å². The normalized spacial score (nSPS) is 18.3. The number of carboxylic acid groups (broad SMARTS) is 1. The van der Waals surface area contributed by atoms with Gasteiger partial charge in [-0.25, -0.2) is 14.3 Å². The number of carbonyl (C=O) groups is 2. The number of aromatic carboxylic acids is 1. The number of likely N-dealkylation sites (tertiary alicyclic amines) is 1. The molecule has 1 saturated heterocycles. The number of aromatic nitrogens is 3. The third-order valence-corrected chi connectivity index (χ3v) is 2.85. The minimum absolute atomic E-state index is 0.0723. The van der Waals surface area contributed by atoms with E-state index in [2.05, 4.69) is 16.9 Å². The number of carbonyl (C=O) groups excluding carboxylic acids is 1. The highest BCUT2D eigenvalue weighted by molar-refractivity contribution is 5.84. The highest BCUT2D eigenvalue weighted by atomic mass is 16.6. The predicted octanol–water partition coefficient (Wildman–Crippen LogP) is 0.546. The SMILES string of the molecule is C=CCOC(=O)N1CCC(n2cc(C(=O)O)nn2)C1. The van der Waals surface area contributed by atoms with E-state index in [0.29, 0.717) is 19.5 Å². The molecule has 0 aliphatic carbocycles. The van der Waals surface area contributed by atoms with Crippen LogP contribution >= 0.6 is 0 Å². The number of nitrogens with zero attached hydrogens (tertiary/aromatic N) is 4. The molecule has 2 rings (SSSR count). The average molecular weight is 266 g/mol. The second-order valence-corrected chi connectivity index (χ2v) is 4.14. The van der Waals surface area contributed by atoms with Crippen LogP contribution in [0.25, 0.3) is 0 Å². The molecule has 102 valence electrons. The lowest BCUT2D eigenvalue weighted by molar-refractivity contribution is 0.0690. The molecule has 0 radical (unpaired) electrons. The minimum atomic E-state index is -1.12. The van der Waals surface area contributed by atoms with E-state index in [-0.39, 0.29) is 18.3 Å². The molecule has 1 aromatic heterocycles. The minimum Gasteiger partial charge on any atom is -0.476 e. The van der Waals surface area contributed by atoms with Crippen LogP contribution < -0.4 is 0 Å². The van der Waals surface area contributed by atoms with Crippen molar-refractivity contribution in [2.75, 3.05) is 19.7 Å². The van der Waals surface area contributed by atoms with E-state index in [1.54, 1.807) is 4.90 Å². The Bertz CT molecular complexity index is 499. The topological polar surface area (TPSA) is 97.5 Å². The molecule has 0 saturated carbocycles. The molecule has 2 heterocycles. The summed E-state index contributed by atoms with van der Waals surface area (Å²) in [6.45, 7) is 4.61. The Balaban J connectivity index is 1.95. The molecule has 0 spiro atoms. The van der Waals surface area contributed by atoms with Gasteiger partial charge in [0.1, 0.15) is 6.61 Å². The van der Waals surface area contributed by atoms with Crippen LogP contribution in [-0.2, 0) is 4.74 Å². The largest absolute Gasteiger partial charge is 0.476 e. The van der Waals surface area contributed by atoms with Crippen LogP contribution in [0, 0.1) is 0 Å². The van der Waals surface area contributed by atoms with Crippen molar-refractivity contribution in [2.24, 2.45) is 0 Å². The summed E-state index contributed by atoms with van der Waals surface area (Å²) in [6.07, 6.45) is 3.15. The average Bonchev–Trinajstić information content (AvgIpc) is 3.03. The van der Waals surface area contributed by atoms with E-state index < -0.39 is 12.1 Å². The Labute approximate surface area is 109 Å². The van der Waals surface area contributed by atoms with Crippen LogP contribution in [0.2, 0.25) is 0 Å². The van der Waals surface area contributed by atoms with Gasteiger partial charge in [-0.3, -0.25) is 0 Å². The maximum atomic E-state index is 11.6. The number of hydrogen-bond donors (Lipinski definition) is 1. The lowest BCUT2D eigenvalue weighted by Crippen LogP contribution is -2.29. The second-order valence-electron chi connectivity index (χ2n) is 4.14. The fourth-order valence-electron chi connectivity index (χ4n) is 1.90. The maximum absolute atomic E-state index is 11.6. The molecule has 1 aliphatic heterocycles. The monoisotopic (exact) mass is 266 g/mol. The van der Waals surface area contributed by atoms with Gasteiger partial charge in [0.25, 0.3) is 0 Å². The fourth-order valence-corrected chi connectivity index (χ4v) is 1.90. The van der Waals surface area contributed by atoms with E-state index in [0.717, 1.165) is 0 Å². The zero-order valence-electron chi connectivity index (χ0n) is 10.2. The smallest absolute Gasteiger partial charge is 0.410 e. The highest BCUT2D eigenvalue weighted by Crippen LogP contribution is 2.21. The number of hydrogen-bond acceptors (Lipinski definition) is 5. The van der Waals surface area contributed by atoms with E-state index in [1.807, 2.05) is 0 Å². The summed E-state index contributed by atoms with van der Waals surface area (Å²) in [5, 5.41) is 16.1. The van der Waals surface area contributed by atoms with Crippen molar-refractivity contribution in [3.8, 4) is 0 Å². The van der Waals surface area contributed by atoms with Crippen molar-refractivity contribution in [1.82, 2.24) is 19.9 Å². The van der Waals surface area contributed by atoms with Crippen LogP contribution in [0.5, 0.6) is 0 Å². The van der Waals surface area contributed by atoms with Crippen molar-refractivity contribution < 1.29 is 19.4 Å². The summed E-state index contributed by atoms with van der Waals surface area (Å²) in [6, 6.07) is -0.0723. The van der Waals surface area contributed by atoms with Crippen LogP contribution in [-0.4, -0.2) is 56.8 Å². The van der Waals surface area contributed by atoms with Crippen LogP contribution in [0.4, 0.5) is 4.79 Å². The molecule has 8 nitrogen and oxygen atoms in total. The van der Waals surface area contributed by atoms with E-state index in [9.17, 15) is 9.59 Å². The van der Waals surface area contributed by atoms with Crippen molar-refractivity contribution >= 4 is 12.1 Å². The summed E-state index contributed by atoms with van der Waals surface area (Å²) in [4.78, 5) is 23.9. The van der Waals surface area contributed by atoms with E-state index in [4.69, 9.17) is 9.84 Å². The van der Waals surface area contributed by atoms with Gasteiger partial charge in [0.2, 0.25) is 0 Å². The summed E-state index contributed by atoms with van der Waals surface area (Å²) in [7, 11) is 0. The Morgan fingerprint density at radius 2 is 2.42 bits per heavy atom. The quantitative estimate of drug-likeness (QED) is 0.799. The first-order chi connectivity index (χ1) is 9.11. The van der Waals surface area contributed by atoms with Gasteiger partial charge in [-0.15, -0.1) is 5.10 Å². The van der Waals surface area contributed by atoms with Gasteiger partial charge in [0, 0.05) is 13.1 Å². The van der Waals surface area contributed by atoms with Gasteiger partial charge in [0.15, 0.2) is 5.69 Å². The molecule has 8 heteroatoms. The van der Waals surface area contributed by atoms with Gasteiger partial charge < -0.3 is 14.7 Å². The first-order valence-electron chi connectivity index (χ1n) is 5.79. The fraction of sp³-hybridized carbons (Fsp3) is 0.455. The zero-order chi connectivity index (χ0) is 13.8. The summed E-state index contributed by atoms with van der Waals surface area (Å²) < 4.78 is 6.41. The van der Waals surface area contributed by atoms with Crippen molar-refractivity contribution in [3.63, 3.8) is 0 Å². The number of amides is 1. The van der Waals surface area contributed by atoms with E-state index >= 15 is 0 Å². The molecule has 0 aromatic carbocycles. The third-order valence-electron chi connectivity index (χ3n) is 2.85. The Morgan fingerprint density at radius 1 is 1.63 bits per heavy atom. The lowest BCUT2D eigenvalue weighted by Gasteiger charge is -2.15. The van der Waals surface area contributed by atoms with Crippen molar-refractivity contribution in [3.05, 3.63) is 24.5 Å². The Morgan fingerprint density at radius 3 is 3.05 bits per heavy atom. The number of rotatable bonds is 4. The summed E-state index contributed by atoms with van der Waals surface area (Å²) in [5.74, 6) is -1.12. The Kier molecular flexibility index (Phi) is 3.79. The van der Waals surface area contributed by atoms with Crippen LogP contribution in [0.1, 0.15) is 23.0 Å². The van der Waals surface area contributed by atoms with Crippen LogP contribution in [0.15, 0.2) is 18.9 Å². The molecule has 19 heavy (non-hydrogen) atoms. The maximum Gasteiger partial charge on any atom is 0.410 e. The first kappa shape index (κ1) is 13.1. The molecule has 1 aliphatic rings. The molecule has 1 unspecified atom stereocenters. The van der Waals surface area contributed by atoms with Gasteiger partial charge >= 0.3 is 12.1 Å². The standard InChI is InChI=1S/C11H14N4O4/c1-2-5-19-11(18)14-4-3-8(6-14)15-7-9(10(16)17)12-13-15/h2,7-8H,1,3-6H2,(H,16,17). The first-order valence-corrected chi connectivity index (χ1v) is 5.79. The van der Waals surface area contributed by atoms with Gasteiger partial charge in [-0.2, -0.15) is 0 Å². The molecular weight excluding hydrogens is 252 g/mol. The molecule has 1 N–H and O–H groups in total. The van der Waals surface area contributed by atoms with Crippen LogP contribution in [0.3, 0.4) is 0 Å². The summed E-state index contributed by atoms with van der Waals surface area (Å²) >= 11 is 0.